The van der Waals surface area contributed by atoms with Crippen LogP contribution in [0.3, 0.4) is 0 Å². The zero-order valence-corrected chi connectivity index (χ0v) is 17.3. The van der Waals surface area contributed by atoms with Crippen molar-refractivity contribution in [3.8, 4) is 5.75 Å². The molecule has 138 valence electrons. The monoisotopic (exact) mass is 500 g/mol. The number of benzene rings is 3. The second-order valence-electron chi connectivity index (χ2n) is 5.81. The minimum atomic E-state index is -4.50. The molecule has 27 heavy (non-hydrogen) atoms. The molecule has 0 atom stereocenters. The van der Waals surface area contributed by atoms with Crippen molar-refractivity contribution in [2.24, 2.45) is 0 Å². The van der Waals surface area contributed by atoms with Crippen LogP contribution in [0.15, 0.2) is 72.8 Å². The van der Waals surface area contributed by atoms with Crippen LogP contribution < -0.4 is 27.5 Å². The normalized spacial score (nSPS) is 13.9. The molecule has 0 unspecified atom stereocenters. The third-order valence-corrected chi connectivity index (χ3v) is 11.2. The van der Waals surface area contributed by atoms with E-state index in [2.05, 4.69) is 0 Å². The number of halogens is 1. The molecule has 1 heterocycles. The van der Waals surface area contributed by atoms with E-state index in [1.54, 1.807) is 7.11 Å². The average Bonchev–Trinajstić information content (AvgIpc) is 2.67. The Morgan fingerprint density at radius 2 is 1.48 bits per heavy atom. The second-order valence-corrected chi connectivity index (χ2v) is 11.8. The van der Waals surface area contributed by atoms with E-state index >= 15 is 0 Å². The molecule has 5 nitrogen and oxygen atoms in total. The summed E-state index contributed by atoms with van der Waals surface area (Å²) in [5, 5.41) is 0.900. The third kappa shape index (κ3) is 3.66. The van der Waals surface area contributed by atoms with E-state index in [9.17, 15) is 14.0 Å². The van der Waals surface area contributed by atoms with Crippen LogP contribution in [0.2, 0.25) is 0 Å². The van der Waals surface area contributed by atoms with Crippen LogP contribution in [0.1, 0.15) is 11.1 Å². The Kier molecular flexibility index (Phi) is 5.06. The molecule has 0 aliphatic carbocycles. The van der Waals surface area contributed by atoms with Crippen LogP contribution in [0, 0.1) is 13.4 Å². The van der Waals surface area contributed by atoms with E-state index < -0.39 is 29.7 Å². The van der Waals surface area contributed by atoms with Gasteiger partial charge in [0, 0.05) is 0 Å². The van der Waals surface area contributed by atoms with Gasteiger partial charge in [0.1, 0.15) is 0 Å². The van der Waals surface area contributed by atoms with Gasteiger partial charge in [-0.25, -0.2) is 0 Å². The summed E-state index contributed by atoms with van der Waals surface area (Å²) in [6.07, 6.45) is 0. The van der Waals surface area contributed by atoms with Crippen molar-refractivity contribution in [3.63, 3.8) is 0 Å². The predicted molar refractivity (Wildman–Crippen MR) is 92.4 cm³/mol. The third-order valence-electron chi connectivity index (χ3n) is 4.23. The molecule has 0 radical (unpaired) electrons. The molecule has 3 aromatic rings. The van der Waals surface area contributed by atoms with Crippen molar-refractivity contribution in [3.05, 3.63) is 92.3 Å². The number of hydrogen-bond acceptors (Lipinski definition) is 5. The number of ether oxygens (including phenoxy) is 1. The van der Waals surface area contributed by atoms with Crippen LogP contribution in [-0.4, -0.2) is 26.6 Å². The van der Waals surface area contributed by atoms with E-state index in [1.165, 1.54) is 0 Å². The van der Waals surface area contributed by atoms with Crippen molar-refractivity contribution in [2.75, 3.05) is 7.11 Å². The molecule has 3 aromatic carbocycles. The second kappa shape index (κ2) is 7.34. The molecule has 0 amide bonds. The quantitative estimate of drug-likeness (QED) is 0.427. The molecule has 0 aromatic heterocycles. The molecule has 1 aliphatic heterocycles. The predicted octanol–water partition coefficient (Wildman–Crippen LogP) is -1.10. The first kappa shape index (κ1) is 18.6. The maximum atomic E-state index is 11.4. The van der Waals surface area contributed by atoms with Gasteiger partial charge in [0.2, 0.25) is 0 Å². The summed E-state index contributed by atoms with van der Waals surface area (Å²) in [6.45, 7) is 0. The number of rotatable bonds is 4. The van der Waals surface area contributed by atoms with E-state index in [1.807, 2.05) is 72.8 Å². The van der Waals surface area contributed by atoms with Gasteiger partial charge < -0.3 is 0 Å². The van der Waals surface area contributed by atoms with Gasteiger partial charge in [-0.3, -0.25) is 0 Å². The Hall–Kier alpha value is -1.75. The number of methoxy groups -OCH3 is 1. The molecule has 4 rings (SSSR count). The van der Waals surface area contributed by atoms with Gasteiger partial charge in [-0.15, -0.1) is 0 Å². The molecule has 0 N–H and O–H groups in total. The van der Waals surface area contributed by atoms with Gasteiger partial charge in [-0.05, 0) is 0 Å². The summed E-state index contributed by atoms with van der Waals surface area (Å²) >= 11 is -3.06. The molecule has 0 saturated heterocycles. The Morgan fingerprint density at radius 3 is 2.19 bits per heavy atom. The Morgan fingerprint density at radius 1 is 0.815 bits per heavy atom. The maximum absolute atomic E-state index is 11.4. The molecule has 7 heteroatoms. The van der Waals surface area contributed by atoms with Crippen molar-refractivity contribution in [1.29, 1.82) is 0 Å². The van der Waals surface area contributed by atoms with E-state index in [0.29, 0.717) is 0 Å². The van der Waals surface area contributed by atoms with Gasteiger partial charge in [0.15, 0.2) is 0 Å². The molecule has 0 fully saturated rings. The number of fused-ring (bicyclic) bond motifs is 2. The summed E-state index contributed by atoms with van der Waals surface area (Å²) in [7, 11) is -2.89. The molecular weight excluding hydrogens is 483 g/mol. The standard InChI is InChI=1S/C20H15ClO5Te/c1-25-15-12-10-14(11-13-15)20-16-6-2-4-8-18(16)27(26-21(22,23)24)19-9-5-3-7-17(19)20/h2-13H,1H3. The van der Waals surface area contributed by atoms with E-state index in [0.717, 1.165) is 34.5 Å². The van der Waals surface area contributed by atoms with Crippen LogP contribution in [0.25, 0.3) is 5.57 Å². The van der Waals surface area contributed by atoms with Gasteiger partial charge in [-0.2, -0.15) is 0 Å². The van der Waals surface area contributed by atoms with E-state index in [4.69, 9.17) is 7.39 Å². The SMILES string of the molecule is COc1ccc(C2=c3ccccc3=[Te](O[Cl+3]([O-])([O-])[O-])c3ccccc32)cc1. The fraction of sp³-hybridized carbons (Fsp3) is 0.0500. The van der Waals surface area contributed by atoms with Crippen molar-refractivity contribution in [2.45, 2.75) is 0 Å². The van der Waals surface area contributed by atoms with Crippen LogP contribution >= 0.6 is 0 Å². The van der Waals surface area contributed by atoms with E-state index in [-0.39, 0.29) is 0 Å². The first-order valence-corrected chi connectivity index (χ1v) is 12.5. The Balaban J connectivity index is 2.09. The summed E-state index contributed by atoms with van der Waals surface area (Å²) in [4.78, 5) is 0. The van der Waals surface area contributed by atoms with Gasteiger partial charge in [0.25, 0.3) is 0 Å². The summed E-state index contributed by atoms with van der Waals surface area (Å²) in [5.41, 5.74) is 2.87. The van der Waals surface area contributed by atoms with Crippen LogP contribution in [-0.2, 0) is 2.65 Å². The minimum absolute atomic E-state index is 0.755. The zero-order valence-electron chi connectivity index (χ0n) is 14.3. The topological polar surface area (TPSA) is 87.6 Å². The summed E-state index contributed by atoms with van der Waals surface area (Å²) in [5.74, 6) is 0.755. The van der Waals surface area contributed by atoms with Crippen molar-refractivity contribution >= 4 is 28.7 Å². The number of hydrogen-bond donors (Lipinski definition) is 0. The molecule has 0 saturated carbocycles. The first-order chi connectivity index (χ1) is 13.0. The molecular formula is C20H15ClO5Te. The van der Waals surface area contributed by atoms with Gasteiger partial charge in [0.05, 0.1) is 0 Å². The van der Waals surface area contributed by atoms with Gasteiger partial charge in [-0.1, -0.05) is 0 Å². The fourth-order valence-corrected chi connectivity index (χ4v) is 9.86. The zero-order chi connectivity index (χ0) is 19.0. The fourth-order valence-electron chi connectivity index (χ4n) is 3.15. The van der Waals surface area contributed by atoms with Gasteiger partial charge >= 0.3 is 165 Å². The van der Waals surface area contributed by atoms with Crippen LogP contribution in [0.4, 0.5) is 0 Å². The molecule has 0 spiro atoms. The van der Waals surface area contributed by atoms with Crippen molar-refractivity contribution < 1.29 is 31.6 Å². The first-order valence-electron chi connectivity index (χ1n) is 8.03. The molecule has 0 bridgehead atoms. The summed E-state index contributed by atoms with van der Waals surface area (Å²) < 4.78 is 46.0. The Bertz CT molecular complexity index is 1120. The summed E-state index contributed by atoms with van der Waals surface area (Å²) in [6, 6.07) is 22.8. The average molecular weight is 498 g/mol. The Labute approximate surface area is 165 Å². The molecule has 1 aliphatic rings. The van der Waals surface area contributed by atoms with Crippen LogP contribution in [0.5, 0.6) is 5.75 Å². The van der Waals surface area contributed by atoms with Crippen molar-refractivity contribution in [1.82, 2.24) is 0 Å².